The van der Waals surface area contributed by atoms with Crippen LogP contribution in [0.25, 0.3) is 0 Å². The lowest BCUT2D eigenvalue weighted by Gasteiger charge is -2.35. The lowest BCUT2D eigenvalue weighted by molar-refractivity contribution is 0.0316. The molecule has 1 atom stereocenters. The van der Waals surface area contributed by atoms with Gasteiger partial charge in [-0.1, -0.05) is 13.8 Å². The first-order valence-electron chi connectivity index (χ1n) is 7.41. The molecule has 0 bridgehead atoms. The summed E-state index contributed by atoms with van der Waals surface area (Å²) in [6.45, 7) is 9.15. The Bertz CT molecular complexity index is 561. The average Bonchev–Trinajstić information content (AvgIpc) is 2.76. The Balaban J connectivity index is 2.27. The molecular weight excluding hydrogens is 290 g/mol. The van der Waals surface area contributed by atoms with E-state index in [2.05, 4.69) is 10.2 Å². The van der Waals surface area contributed by atoms with Gasteiger partial charge >= 0.3 is 0 Å². The van der Waals surface area contributed by atoms with Gasteiger partial charge in [0.15, 0.2) is 0 Å². The first kappa shape index (κ1) is 16.5. The van der Waals surface area contributed by atoms with Crippen LogP contribution in [0.15, 0.2) is 0 Å². The second-order valence-corrected chi connectivity index (χ2v) is 8.09. The third kappa shape index (κ3) is 3.64. The molecule has 0 spiro atoms. The van der Waals surface area contributed by atoms with Crippen molar-refractivity contribution in [1.82, 2.24) is 14.5 Å². The number of hydrogen-bond acceptors (Lipinski definition) is 4. The summed E-state index contributed by atoms with van der Waals surface area (Å²) in [5.74, 6) is 0.563. The van der Waals surface area contributed by atoms with E-state index in [1.54, 1.807) is 4.31 Å². The Kier molecular flexibility index (Phi) is 5.06. The van der Waals surface area contributed by atoms with Crippen molar-refractivity contribution in [2.75, 3.05) is 25.5 Å². The van der Waals surface area contributed by atoms with E-state index in [9.17, 15) is 8.42 Å². The van der Waals surface area contributed by atoms with Crippen molar-refractivity contribution < 1.29 is 13.2 Å². The molecule has 1 unspecified atom stereocenters. The van der Waals surface area contributed by atoms with Crippen LogP contribution in [0.1, 0.15) is 43.3 Å². The first-order chi connectivity index (χ1) is 9.83. The maximum Gasteiger partial charge on any atom is 0.214 e. The number of morpholine rings is 1. The Labute approximate surface area is 126 Å². The zero-order valence-electron chi connectivity index (χ0n) is 13.2. The number of rotatable bonds is 5. The van der Waals surface area contributed by atoms with Gasteiger partial charge in [-0.05, 0) is 26.2 Å². The maximum absolute atomic E-state index is 12.7. The van der Waals surface area contributed by atoms with E-state index in [1.807, 2.05) is 27.7 Å². The molecule has 1 aliphatic heterocycles. The number of aromatic amines is 1. The molecule has 6 nitrogen and oxygen atoms in total. The Morgan fingerprint density at radius 3 is 2.71 bits per heavy atom. The van der Waals surface area contributed by atoms with Crippen LogP contribution in [-0.4, -0.2) is 48.4 Å². The van der Waals surface area contributed by atoms with E-state index >= 15 is 0 Å². The predicted octanol–water partition coefficient (Wildman–Crippen LogP) is 1.78. The third-order valence-corrected chi connectivity index (χ3v) is 5.81. The zero-order valence-corrected chi connectivity index (χ0v) is 14.0. The topological polar surface area (TPSA) is 75.3 Å². The highest BCUT2D eigenvalue weighted by Gasteiger charge is 2.36. The minimum atomic E-state index is -3.28. The van der Waals surface area contributed by atoms with Crippen LogP contribution in [0.5, 0.6) is 0 Å². The van der Waals surface area contributed by atoms with Gasteiger partial charge in [-0.25, -0.2) is 8.42 Å². The Morgan fingerprint density at radius 1 is 1.43 bits per heavy atom. The van der Waals surface area contributed by atoms with Gasteiger partial charge in [-0.15, -0.1) is 0 Å². The molecule has 120 valence electrons. The van der Waals surface area contributed by atoms with Gasteiger partial charge in [-0.2, -0.15) is 9.40 Å². The highest BCUT2D eigenvalue weighted by Crippen LogP contribution is 2.31. The first-order valence-corrected chi connectivity index (χ1v) is 9.02. The van der Waals surface area contributed by atoms with Crippen LogP contribution in [0.3, 0.4) is 0 Å². The molecule has 0 amide bonds. The van der Waals surface area contributed by atoms with Crippen molar-refractivity contribution in [3.05, 3.63) is 17.0 Å². The molecule has 1 fully saturated rings. The number of nitrogens with one attached hydrogen (secondary N) is 1. The third-order valence-electron chi connectivity index (χ3n) is 3.91. The SMILES string of the molecule is Cc1n[nH]c(C)c1C1COCCN1S(=O)(=O)CCC(C)C. The van der Waals surface area contributed by atoms with E-state index in [0.29, 0.717) is 32.1 Å². The van der Waals surface area contributed by atoms with Gasteiger partial charge in [0.25, 0.3) is 0 Å². The fraction of sp³-hybridized carbons (Fsp3) is 0.786. The second-order valence-electron chi connectivity index (χ2n) is 6.05. The van der Waals surface area contributed by atoms with Crippen molar-refractivity contribution in [3.63, 3.8) is 0 Å². The number of H-pyrrole nitrogens is 1. The fourth-order valence-corrected chi connectivity index (χ4v) is 4.61. The predicted molar refractivity (Wildman–Crippen MR) is 81.6 cm³/mol. The summed E-state index contributed by atoms with van der Waals surface area (Å²) in [6, 6.07) is -0.269. The maximum atomic E-state index is 12.7. The quantitative estimate of drug-likeness (QED) is 0.898. The summed E-state index contributed by atoms with van der Waals surface area (Å²) < 4.78 is 32.4. The van der Waals surface area contributed by atoms with E-state index in [-0.39, 0.29) is 11.8 Å². The van der Waals surface area contributed by atoms with Gasteiger partial charge in [0, 0.05) is 17.8 Å². The smallest absolute Gasteiger partial charge is 0.214 e. The van der Waals surface area contributed by atoms with Gasteiger partial charge in [0.1, 0.15) is 0 Å². The van der Waals surface area contributed by atoms with Crippen LogP contribution in [-0.2, 0) is 14.8 Å². The van der Waals surface area contributed by atoms with Crippen molar-refractivity contribution in [2.45, 2.75) is 40.2 Å². The molecule has 2 rings (SSSR count). The molecule has 0 radical (unpaired) electrons. The summed E-state index contributed by atoms with van der Waals surface area (Å²) in [7, 11) is -3.28. The molecule has 2 heterocycles. The minimum absolute atomic E-state index is 0.192. The highest BCUT2D eigenvalue weighted by atomic mass is 32.2. The number of aryl methyl sites for hydroxylation is 2. The molecular formula is C14H25N3O3S. The van der Waals surface area contributed by atoms with Crippen molar-refractivity contribution in [2.24, 2.45) is 5.92 Å². The summed E-state index contributed by atoms with van der Waals surface area (Å²) in [5, 5.41) is 7.11. The normalized spacial score (nSPS) is 21.1. The largest absolute Gasteiger partial charge is 0.378 e. The van der Waals surface area contributed by atoms with Crippen molar-refractivity contribution >= 4 is 10.0 Å². The second kappa shape index (κ2) is 6.46. The van der Waals surface area contributed by atoms with E-state index < -0.39 is 10.0 Å². The minimum Gasteiger partial charge on any atom is -0.378 e. The van der Waals surface area contributed by atoms with Crippen LogP contribution in [0, 0.1) is 19.8 Å². The van der Waals surface area contributed by atoms with E-state index in [1.165, 1.54) is 0 Å². The molecule has 21 heavy (non-hydrogen) atoms. The van der Waals surface area contributed by atoms with Gasteiger partial charge in [0.2, 0.25) is 10.0 Å². The summed E-state index contributed by atoms with van der Waals surface area (Å²) in [6.07, 6.45) is 0.676. The standard InChI is InChI=1S/C14H25N3O3S/c1-10(2)5-8-21(18,19)17-6-7-20-9-13(17)14-11(3)15-16-12(14)4/h10,13H,5-9H2,1-4H3,(H,15,16). The lowest BCUT2D eigenvalue weighted by Crippen LogP contribution is -2.44. The highest BCUT2D eigenvalue weighted by molar-refractivity contribution is 7.89. The number of hydrogen-bond donors (Lipinski definition) is 1. The molecule has 0 aliphatic carbocycles. The van der Waals surface area contributed by atoms with Crippen molar-refractivity contribution in [3.8, 4) is 0 Å². The number of ether oxygens (including phenoxy) is 1. The summed E-state index contributed by atoms with van der Waals surface area (Å²) in [5.41, 5.74) is 2.70. The van der Waals surface area contributed by atoms with E-state index in [0.717, 1.165) is 17.0 Å². The average molecular weight is 315 g/mol. The molecule has 1 aliphatic rings. The van der Waals surface area contributed by atoms with Crippen LogP contribution in [0.4, 0.5) is 0 Å². The van der Waals surface area contributed by atoms with Gasteiger partial charge < -0.3 is 4.74 Å². The Hall–Kier alpha value is -0.920. The monoisotopic (exact) mass is 315 g/mol. The molecule has 7 heteroatoms. The zero-order chi connectivity index (χ0) is 15.6. The lowest BCUT2D eigenvalue weighted by atomic mass is 10.1. The molecule has 1 saturated heterocycles. The molecule has 0 saturated carbocycles. The van der Waals surface area contributed by atoms with E-state index in [4.69, 9.17) is 4.74 Å². The summed E-state index contributed by atoms with van der Waals surface area (Å²) >= 11 is 0. The molecule has 0 aromatic carbocycles. The molecule has 1 aromatic heterocycles. The number of aromatic nitrogens is 2. The number of sulfonamides is 1. The van der Waals surface area contributed by atoms with Gasteiger partial charge in [-0.3, -0.25) is 5.10 Å². The Morgan fingerprint density at radius 2 is 2.14 bits per heavy atom. The number of nitrogens with zero attached hydrogens (tertiary/aromatic N) is 2. The van der Waals surface area contributed by atoms with Gasteiger partial charge in [0.05, 0.1) is 30.7 Å². The molecule has 1 N–H and O–H groups in total. The van der Waals surface area contributed by atoms with Crippen molar-refractivity contribution in [1.29, 1.82) is 0 Å². The molecule has 1 aromatic rings. The van der Waals surface area contributed by atoms with Crippen LogP contribution in [0.2, 0.25) is 0 Å². The van der Waals surface area contributed by atoms with Crippen LogP contribution < -0.4 is 0 Å². The van der Waals surface area contributed by atoms with Crippen LogP contribution >= 0.6 is 0 Å². The fourth-order valence-electron chi connectivity index (χ4n) is 2.70. The summed E-state index contributed by atoms with van der Waals surface area (Å²) in [4.78, 5) is 0.